The first-order valence-corrected chi connectivity index (χ1v) is 11.7. The van der Waals surface area contributed by atoms with Crippen LogP contribution >= 0.6 is 11.6 Å². The van der Waals surface area contributed by atoms with Crippen LogP contribution in [0.5, 0.6) is 0 Å². The van der Waals surface area contributed by atoms with Crippen LogP contribution in [0.25, 0.3) is 0 Å². The van der Waals surface area contributed by atoms with Gasteiger partial charge in [-0.15, -0.1) is 0 Å². The number of amides is 1. The van der Waals surface area contributed by atoms with Gasteiger partial charge in [-0.25, -0.2) is 13.6 Å². The van der Waals surface area contributed by atoms with Gasteiger partial charge in [0.25, 0.3) is 0 Å². The quantitative estimate of drug-likeness (QED) is 0.675. The fourth-order valence-corrected chi connectivity index (χ4v) is 6.12. The molecule has 178 valence electrons. The smallest absolute Gasteiger partial charge is 0.410 e. The number of aliphatic hydroxyl groups is 1. The fraction of sp³-hybridized carbons (Fsp3) is 0.708. The number of halogens is 3. The Morgan fingerprint density at radius 3 is 2.09 bits per heavy atom. The van der Waals surface area contributed by atoms with Crippen molar-refractivity contribution in [3.63, 3.8) is 0 Å². The zero-order chi connectivity index (χ0) is 23.6. The molecule has 1 N–H and O–H groups in total. The maximum absolute atomic E-state index is 14.6. The molecule has 3 aliphatic rings. The van der Waals surface area contributed by atoms with Crippen molar-refractivity contribution in [2.24, 2.45) is 17.3 Å². The van der Waals surface area contributed by atoms with Crippen LogP contribution in [0.3, 0.4) is 0 Å². The van der Waals surface area contributed by atoms with Gasteiger partial charge in [-0.05, 0) is 45.7 Å². The van der Waals surface area contributed by atoms with E-state index in [4.69, 9.17) is 16.3 Å². The maximum atomic E-state index is 14.6. The lowest BCUT2D eigenvalue weighted by molar-refractivity contribution is -0.158. The Kier molecular flexibility index (Phi) is 5.79. The zero-order valence-corrected chi connectivity index (χ0v) is 20.2. The van der Waals surface area contributed by atoms with E-state index in [1.165, 1.54) is 0 Å². The Hall–Kier alpha value is -1.44. The Labute approximate surface area is 193 Å². The molecule has 0 aromatic heterocycles. The molecule has 8 heteroatoms. The minimum atomic E-state index is -1.60. The number of ether oxygens (including phenoxy) is 1. The highest BCUT2D eigenvalue weighted by molar-refractivity contribution is 6.30. The number of piperidine rings is 1. The Balaban J connectivity index is 1.38. The molecule has 2 heterocycles. The highest BCUT2D eigenvalue weighted by Gasteiger charge is 2.58. The zero-order valence-electron chi connectivity index (χ0n) is 19.4. The Morgan fingerprint density at radius 2 is 1.62 bits per heavy atom. The van der Waals surface area contributed by atoms with E-state index in [2.05, 4.69) is 4.90 Å². The number of carbonyl (C=O) groups is 1. The van der Waals surface area contributed by atoms with E-state index in [0.29, 0.717) is 32.2 Å². The molecule has 0 radical (unpaired) electrons. The van der Waals surface area contributed by atoms with Crippen molar-refractivity contribution < 1.29 is 23.4 Å². The van der Waals surface area contributed by atoms with Crippen LogP contribution in [0.2, 0.25) is 5.02 Å². The molecule has 3 atom stereocenters. The second-order valence-corrected chi connectivity index (χ2v) is 11.7. The molecule has 32 heavy (non-hydrogen) atoms. The van der Waals surface area contributed by atoms with Crippen LogP contribution in [0.1, 0.15) is 53.0 Å². The lowest BCUT2D eigenvalue weighted by atomic mass is 9.59. The summed E-state index contributed by atoms with van der Waals surface area (Å²) in [7, 11) is 0. The van der Waals surface area contributed by atoms with Gasteiger partial charge in [0.1, 0.15) is 22.8 Å². The molecule has 5 nitrogen and oxygen atoms in total. The van der Waals surface area contributed by atoms with Crippen LogP contribution < -0.4 is 0 Å². The third-order valence-electron chi connectivity index (χ3n) is 7.48. The van der Waals surface area contributed by atoms with E-state index in [0.717, 1.165) is 25.0 Å². The van der Waals surface area contributed by atoms with Crippen molar-refractivity contribution in [3.8, 4) is 0 Å². The number of nitrogens with zero attached hydrogens (tertiary/aromatic N) is 2. The summed E-state index contributed by atoms with van der Waals surface area (Å²) in [5, 5.41) is 11.4. The summed E-state index contributed by atoms with van der Waals surface area (Å²) in [5.74, 6) is -2.31. The van der Waals surface area contributed by atoms with Crippen molar-refractivity contribution in [2.75, 3.05) is 26.2 Å². The molecule has 1 spiro atoms. The fourth-order valence-electron chi connectivity index (χ4n) is 5.93. The first-order chi connectivity index (χ1) is 14.7. The summed E-state index contributed by atoms with van der Waals surface area (Å²) in [5.41, 5.74) is -2.22. The SMILES string of the molecule is C[C@@H]1CN(C2CC3(C2)CN(C(=O)OC(C)(C)C)C3)C[C@H](C)[C@@]1(O)c1c(F)cc(Cl)cc1F. The molecule has 4 rings (SSSR count). The molecule has 1 aliphatic carbocycles. The van der Waals surface area contributed by atoms with Gasteiger partial charge >= 0.3 is 6.09 Å². The van der Waals surface area contributed by atoms with Gasteiger partial charge in [0.15, 0.2) is 0 Å². The molecule has 0 bridgehead atoms. The molecule has 1 aromatic rings. The number of carbonyl (C=O) groups excluding carboxylic acids is 1. The molecule has 2 saturated heterocycles. The van der Waals surface area contributed by atoms with Gasteiger partial charge in [-0.3, -0.25) is 4.90 Å². The summed E-state index contributed by atoms with van der Waals surface area (Å²) in [6.07, 6.45) is 1.70. The van der Waals surface area contributed by atoms with E-state index in [-0.39, 0.29) is 33.9 Å². The molecule has 0 unspecified atom stereocenters. The van der Waals surface area contributed by atoms with Crippen molar-refractivity contribution >= 4 is 17.7 Å². The van der Waals surface area contributed by atoms with Gasteiger partial charge in [-0.2, -0.15) is 0 Å². The van der Waals surface area contributed by atoms with Crippen LogP contribution in [-0.4, -0.2) is 58.8 Å². The van der Waals surface area contributed by atoms with E-state index in [1.54, 1.807) is 4.90 Å². The van der Waals surface area contributed by atoms with Gasteiger partial charge < -0.3 is 14.7 Å². The molecular formula is C24H33ClF2N2O3. The lowest BCUT2D eigenvalue weighted by Gasteiger charge is -2.62. The lowest BCUT2D eigenvalue weighted by Crippen LogP contribution is -2.69. The average molecular weight is 471 g/mol. The number of benzene rings is 1. The van der Waals surface area contributed by atoms with Crippen molar-refractivity contribution in [1.29, 1.82) is 0 Å². The monoisotopic (exact) mass is 470 g/mol. The molecule has 1 aromatic carbocycles. The topological polar surface area (TPSA) is 53.0 Å². The molecule has 1 saturated carbocycles. The van der Waals surface area contributed by atoms with E-state index in [1.807, 2.05) is 34.6 Å². The predicted molar refractivity (Wildman–Crippen MR) is 118 cm³/mol. The van der Waals surface area contributed by atoms with Crippen LogP contribution in [-0.2, 0) is 10.3 Å². The Morgan fingerprint density at radius 1 is 1.12 bits per heavy atom. The van der Waals surface area contributed by atoms with E-state index >= 15 is 0 Å². The Bertz CT molecular complexity index is 870. The van der Waals surface area contributed by atoms with Crippen molar-refractivity contribution in [3.05, 3.63) is 34.4 Å². The van der Waals surface area contributed by atoms with Crippen LogP contribution in [0.15, 0.2) is 12.1 Å². The molecule has 1 amide bonds. The predicted octanol–water partition coefficient (Wildman–Crippen LogP) is 4.79. The van der Waals surface area contributed by atoms with Crippen molar-refractivity contribution in [2.45, 2.75) is 64.7 Å². The number of rotatable bonds is 2. The summed E-state index contributed by atoms with van der Waals surface area (Å²) in [6.45, 7) is 11.8. The summed E-state index contributed by atoms with van der Waals surface area (Å²) in [4.78, 5) is 16.3. The standard InChI is InChI=1S/C24H33ClF2N2O3/c1-14-10-28(11-15(2)24(14,31)20-18(26)6-16(25)7-19(20)27)17-8-23(9-17)12-29(13-23)21(30)32-22(3,4)5/h6-7,14-15,17,31H,8-13H2,1-5H3/t14-,15+,24-. The van der Waals surface area contributed by atoms with Crippen LogP contribution in [0.4, 0.5) is 13.6 Å². The largest absolute Gasteiger partial charge is 0.444 e. The van der Waals surface area contributed by atoms with Gasteiger partial charge in [-0.1, -0.05) is 25.4 Å². The minimum Gasteiger partial charge on any atom is -0.444 e. The highest BCUT2D eigenvalue weighted by Crippen LogP contribution is 2.53. The first-order valence-electron chi connectivity index (χ1n) is 11.3. The average Bonchev–Trinajstić information content (AvgIpc) is 2.54. The summed E-state index contributed by atoms with van der Waals surface area (Å²) in [6, 6.07) is 2.48. The molecular weight excluding hydrogens is 438 g/mol. The number of hydrogen-bond acceptors (Lipinski definition) is 4. The number of hydrogen-bond donors (Lipinski definition) is 1. The first kappa shape index (κ1) is 23.7. The van der Waals surface area contributed by atoms with Crippen LogP contribution in [0, 0.1) is 28.9 Å². The minimum absolute atomic E-state index is 0.0224. The van der Waals surface area contributed by atoms with Gasteiger partial charge in [0.05, 0.1) is 5.56 Å². The highest BCUT2D eigenvalue weighted by atomic mass is 35.5. The van der Waals surface area contributed by atoms with Gasteiger partial charge in [0, 0.05) is 54.5 Å². The van der Waals surface area contributed by atoms with E-state index < -0.39 is 22.8 Å². The summed E-state index contributed by atoms with van der Waals surface area (Å²) >= 11 is 5.78. The van der Waals surface area contributed by atoms with E-state index in [9.17, 15) is 18.7 Å². The second-order valence-electron chi connectivity index (χ2n) is 11.2. The number of likely N-dealkylation sites (tertiary alicyclic amines) is 2. The second kappa shape index (κ2) is 7.81. The van der Waals surface area contributed by atoms with Gasteiger partial charge in [0.2, 0.25) is 0 Å². The van der Waals surface area contributed by atoms with Crippen molar-refractivity contribution in [1.82, 2.24) is 9.80 Å². The summed E-state index contributed by atoms with van der Waals surface area (Å²) < 4.78 is 34.7. The normalized spacial score (nSPS) is 30.7. The molecule has 3 fully saturated rings. The maximum Gasteiger partial charge on any atom is 0.410 e. The third-order valence-corrected chi connectivity index (χ3v) is 7.70. The molecule has 2 aliphatic heterocycles. The third kappa shape index (κ3) is 4.01.